The predicted octanol–water partition coefficient (Wildman–Crippen LogP) is -0.319. The Bertz CT molecular complexity index is 343. The van der Waals surface area contributed by atoms with E-state index < -0.39 is 27.3 Å². The topological polar surface area (TPSA) is 107 Å². The van der Waals surface area contributed by atoms with E-state index in [0.717, 1.165) is 0 Å². The van der Waals surface area contributed by atoms with Gasteiger partial charge in [-0.1, -0.05) is 6.92 Å². The molecule has 0 aromatic heterocycles. The van der Waals surface area contributed by atoms with Gasteiger partial charge in [-0.05, 0) is 13.3 Å². The van der Waals surface area contributed by atoms with E-state index in [9.17, 15) is 13.2 Å². The predicted molar refractivity (Wildman–Crippen MR) is 48.8 cm³/mol. The molecule has 0 saturated heterocycles. The SMILES string of the molecule is CCC(C#N)S(=O)(=O)NC(C)C(=O)O. The van der Waals surface area contributed by atoms with Gasteiger partial charge in [0, 0.05) is 0 Å². The van der Waals surface area contributed by atoms with Gasteiger partial charge in [0.15, 0.2) is 5.25 Å². The first kappa shape index (κ1) is 12.9. The lowest BCUT2D eigenvalue weighted by Gasteiger charge is -2.12. The molecular formula is C7H12N2O4S. The van der Waals surface area contributed by atoms with Crippen molar-refractivity contribution in [3.63, 3.8) is 0 Å². The number of aliphatic carboxylic acids is 1. The van der Waals surface area contributed by atoms with Crippen LogP contribution in [0.2, 0.25) is 0 Å². The summed E-state index contributed by atoms with van der Waals surface area (Å²) in [6, 6.07) is 0.373. The second-order valence-electron chi connectivity index (χ2n) is 2.75. The van der Waals surface area contributed by atoms with E-state index in [2.05, 4.69) is 0 Å². The number of nitrogens with one attached hydrogen (secondary N) is 1. The van der Waals surface area contributed by atoms with Crippen molar-refractivity contribution in [3.8, 4) is 6.07 Å². The molecule has 0 heterocycles. The highest BCUT2D eigenvalue weighted by Gasteiger charge is 2.27. The maximum atomic E-state index is 11.3. The van der Waals surface area contributed by atoms with E-state index in [4.69, 9.17) is 10.4 Å². The summed E-state index contributed by atoms with van der Waals surface area (Å²) in [7, 11) is -3.86. The maximum absolute atomic E-state index is 11.3. The second kappa shape index (κ2) is 4.93. The molecule has 0 aliphatic carbocycles. The van der Waals surface area contributed by atoms with Crippen LogP contribution in [0.4, 0.5) is 0 Å². The van der Waals surface area contributed by atoms with Gasteiger partial charge in [-0.15, -0.1) is 0 Å². The normalized spacial score (nSPS) is 15.5. The van der Waals surface area contributed by atoms with Crippen molar-refractivity contribution in [2.45, 2.75) is 31.6 Å². The smallest absolute Gasteiger partial charge is 0.321 e. The van der Waals surface area contributed by atoms with Gasteiger partial charge in [0.25, 0.3) is 0 Å². The molecule has 0 amide bonds. The van der Waals surface area contributed by atoms with Crippen LogP contribution >= 0.6 is 0 Å². The lowest BCUT2D eigenvalue weighted by molar-refractivity contribution is -0.138. The zero-order valence-electron chi connectivity index (χ0n) is 7.89. The Morgan fingerprint density at radius 1 is 1.64 bits per heavy atom. The monoisotopic (exact) mass is 220 g/mol. The fraction of sp³-hybridized carbons (Fsp3) is 0.714. The molecule has 80 valence electrons. The molecule has 6 nitrogen and oxygen atoms in total. The highest BCUT2D eigenvalue weighted by atomic mass is 32.2. The minimum absolute atomic E-state index is 0.123. The van der Waals surface area contributed by atoms with E-state index in [-0.39, 0.29) is 6.42 Å². The molecule has 2 atom stereocenters. The molecule has 0 aliphatic rings. The summed E-state index contributed by atoms with van der Waals surface area (Å²) in [5.74, 6) is -1.28. The number of carbonyl (C=O) groups is 1. The maximum Gasteiger partial charge on any atom is 0.321 e. The third-order valence-corrected chi connectivity index (χ3v) is 3.47. The molecule has 0 spiro atoms. The van der Waals surface area contributed by atoms with Crippen molar-refractivity contribution in [3.05, 3.63) is 0 Å². The number of rotatable bonds is 5. The molecule has 0 fully saturated rings. The van der Waals surface area contributed by atoms with Gasteiger partial charge in [0.05, 0.1) is 6.07 Å². The second-order valence-corrected chi connectivity index (χ2v) is 4.64. The molecule has 0 bridgehead atoms. The highest BCUT2D eigenvalue weighted by molar-refractivity contribution is 7.90. The first-order valence-electron chi connectivity index (χ1n) is 3.98. The number of nitrogens with zero attached hydrogens (tertiary/aromatic N) is 1. The molecule has 0 radical (unpaired) electrons. The van der Waals surface area contributed by atoms with Crippen molar-refractivity contribution < 1.29 is 18.3 Å². The first-order valence-corrected chi connectivity index (χ1v) is 5.53. The minimum Gasteiger partial charge on any atom is -0.480 e. The van der Waals surface area contributed by atoms with E-state index in [1.165, 1.54) is 6.92 Å². The van der Waals surface area contributed by atoms with Crippen molar-refractivity contribution in [2.24, 2.45) is 0 Å². The van der Waals surface area contributed by atoms with Gasteiger partial charge in [-0.3, -0.25) is 4.79 Å². The van der Waals surface area contributed by atoms with E-state index in [1.807, 2.05) is 4.72 Å². The Balaban J connectivity index is 4.67. The van der Waals surface area contributed by atoms with Crippen molar-refractivity contribution in [2.75, 3.05) is 0 Å². The first-order chi connectivity index (χ1) is 6.35. The summed E-state index contributed by atoms with van der Waals surface area (Å²) in [6.07, 6.45) is 0.123. The summed E-state index contributed by atoms with van der Waals surface area (Å²) in [6.45, 7) is 2.74. The van der Waals surface area contributed by atoms with Crippen LogP contribution < -0.4 is 4.72 Å². The van der Waals surface area contributed by atoms with Gasteiger partial charge in [-0.25, -0.2) is 13.1 Å². The number of nitriles is 1. The minimum atomic E-state index is -3.86. The highest BCUT2D eigenvalue weighted by Crippen LogP contribution is 2.03. The number of hydrogen-bond acceptors (Lipinski definition) is 4. The summed E-state index contributed by atoms with van der Waals surface area (Å²) >= 11 is 0. The van der Waals surface area contributed by atoms with E-state index >= 15 is 0 Å². The largest absolute Gasteiger partial charge is 0.480 e. The lowest BCUT2D eigenvalue weighted by Crippen LogP contribution is -2.42. The van der Waals surface area contributed by atoms with Crippen LogP contribution in [-0.4, -0.2) is 30.8 Å². The van der Waals surface area contributed by atoms with Crippen molar-refractivity contribution in [1.82, 2.24) is 4.72 Å². The fourth-order valence-electron chi connectivity index (χ4n) is 0.759. The van der Waals surface area contributed by atoms with Gasteiger partial charge in [0.1, 0.15) is 6.04 Å². The summed E-state index contributed by atoms with van der Waals surface area (Å²) < 4.78 is 24.5. The van der Waals surface area contributed by atoms with Gasteiger partial charge >= 0.3 is 5.97 Å². The average Bonchev–Trinajstić information content (AvgIpc) is 2.04. The molecule has 0 aromatic rings. The van der Waals surface area contributed by atoms with Crippen molar-refractivity contribution in [1.29, 1.82) is 5.26 Å². The van der Waals surface area contributed by atoms with Crippen LogP contribution in [0.25, 0.3) is 0 Å². The van der Waals surface area contributed by atoms with Crippen LogP contribution in [0.1, 0.15) is 20.3 Å². The van der Waals surface area contributed by atoms with Crippen LogP contribution in [0.5, 0.6) is 0 Å². The van der Waals surface area contributed by atoms with Crippen molar-refractivity contribution >= 4 is 16.0 Å². The van der Waals surface area contributed by atoms with Crippen LogP contribution in [0.3, 0.4) is 0 Å². The lowest BCUT2D eigenvalue weighted by atomic mass is 10.4. The third-order valence-electron chi connectivity index (χ3n) is 1.60. The molecule has 0 saturated carbocycles. The molecule has 0 rings (SSSR count). The van der Waals surface area contributed by atoms with Gasteiger partial charge in [-0.2, -0.15) is 5.26 Å². The quantitative estimate of drug-likeness (QED) is 0.660. The zero-order valence-corrected chi connectivity index (χ0v) is 8.71. The Morgan fingerprint density at radius 2 is 2.14 bits per heavy atom. The Kier molecular flexibility index (Phi) is 4.53. The third kappa shape index (κ3) is 3.32. The molecule has 2 N–H and O–H groups in total. The summed E-state index contributed by atoms with van der Waals surface area (Å²) in [4.78, 5) is 10.4. The number of carboxylic acid groups (broad SMARTS) is 1. The zero-order chi connectivity index (χ0) is 11.4. The molecule has 14 heavy (non-hydrogen) atoms. The standard InChI is InChI=1S/C7H12N2O4S/c1-3-6(4-8)14(12,13)9-5(2)7(10)11/h5-6,9H,3H2,1-2H3,(H,10,11). The van der Waals surface area contributed by atoms with Gasteiger partial charge in [0.2, 0.25) is 10.0 Å². The number of carboxylic acids is 1. The van der Waals surface area contributed by atoms with E-state index in [0.29, 0.717) is 0 Å². The summed E-state index contributed by atoms with van der Waals surface area (Å²) in [5, 5.41) is 15.8. The number of sulfonamides is 1. The molecular weight excluding hydrogens is 208 g/mol. The van der Waals surface area contributed by atoms with E-state index in [1.54, 1.807) is 13.0 Å². The van der Waals surface area contributed by atoms with Gasteiger partial charge < -0.3 is 5.11 Å². The molecule has 0 aromatic carbocycles. The molecule has 0 aliphatic heterocycles. The van der Waals surface area contributed by atoms with Crippen LogP contribution in [-0.2, 0) is 14.8 Å². The Hall–Kier alpha value is -1.13. The average molecular weight is 220 g/mol. The van der Waals surface area contributed by atoms with Crippen LogP contribution in [0, 0.1) is 11.3 Å². The molecule has 2 unspecified atom stereocenters. The Morgan fingerprint density at radius 3 is 2.43 bits per heavy atom. The number of hydrogen-bond donors (Lipinski definition) is 2. The molecule has 7 heteroatoms. The summed E-state index contributed by atoms with van der Waals surface area (Å²) in [5.41, 5.74) is 0. The Labute approximate surface area is 82.6 Å². The van der Waals surface area contributed by atoms with Crippen LogP contribution in [0.15, 0.2) is 0 Å². The fourth-order valence-corrected chi connectivity index (χ4v) is 2.09.